The molecular weight excluding hydrogens is 302 g/mol. The van der Waals surface area contributed by atoms with E-state index in [9.17, 15) is 14.9 Å². The second-order valence-corrected chi connectivity index (χ2v) is 5.61. The highest BCUT2D eigenvalue weighted by Crippen LogP contribution is 2.07. The van der Waals surface area contributed by atoms with Crippen LogP contribution in [0.4, 0.5) is 0 Å². The lowest BCUT2D eigenvalue weighted by Gasteiger charge is -1.95. The number of unbranched alkanes of at least 4 members (excludes halogenated alkanes) is 5. The predicted octanol–water partition coefficient (Wildman–Crippen LogP) is 5.94. The zero-order valence-electron chi connectivity index (χ0n) is 14.9. The maximum Gasteiger partial charge on any atom is 0.246 e. The van der Waals surface area contributed by atoms with Gasteiger partial charge in [-0.3, -0.25) is 10.1 Å². The Kier molecular flexibility index (Phi) is 16.0. The lowest BCUT2D eigenvalue weighted by molar-refractivity contribution is -0.427. The largest absolute Gasteiger partial charge is 0.303 e. The fourth-order valence-electron chi connectivity index (χ4n) is 2.14. The number of aldehydes is 1. The summed E-state index contributed by atoms with van der Waals surface area (Å²) in [6.07, 6.45) is 23.6. The molecule has 0 N–H and O–H groups in total. The van der Waals surface area contributed by atoms with Gasteiger partial charge in [0.25, 0.3) is 0 Å². The normalized spacial score (nSPS) is 12.6. The average molecular weight is 333 g/mol. The zero-order valence-corrected chi connectivity index (χ0v) is 14.9. The van der Waals surface area contributed by atoms with Crippen LogP contribution in [0.5, 0.6) is 0 Å². The fourth-order valence-corrected chi connectivity index (χ4v) is 2.14. The van der Waals surface area contributed by atoms with Crippen LogP contribution in [0.1, 0.15) is 71.1 Å². The molecule has 0 fully saturated rings. The highest BCUT2D eigenvalue weighted by molar-refractivity contribution is 5.48. The SMILES string of the molecule is CC/C=C\C/C=C(\C/C=C\C/C=C\CCCCCCC=O)[N+](=O)[O-]. The first-order chi connectivity index (χ1) is 11.7. The van der Waals surface area contributed by atoms with Crippen molar-refractivity contribution >= 4 is 6.29 Å². The van der Waals surface area contributed by atoms with E-state index in [-0.39, 0.29) is 10.6 Å². The number of allylic oxidation sites excluding steroid dienone is 7. The van der Waals surface area contributed by atoms with Crippen molar-refractivity contribution in [1.82, 2.24) is 0 Å². The summed E-state index contributed by atoms with van der Waals surface area (Å²) in [4.78, 5) is 20.8. The molecule has 0 saturated heterocycles. The van der Waals surface area contributed by atoms with E-state index in [4.69, 9.17) is 0 Å². The molecule has 0 aliphatic carbocycles. The summed E-state index contributed by atoms with van der Waals surface area (Å²) < 4.78 is 0. The molecule has 0 amide bonds. The zero-order chi connectivity index (χ0) is 17.9. The van der Waals surface area contributed by atoms with Gasteiger partial charge >= 0.3 is 0 Å². The minimum atomic E-state index is -0.301. The molecule has 0 rings (SSSR count). The quantitative estimate of drug-likeness (QED) is 0.123. The maximum absolute atomic E-state index is 10.9. The molecule has 0 heterocycles. The molecule has 0 aromatic rings. The van der Waals surface area contributed by atoms with Gasteiger partial charge in [-0.15, -0.1) is 0 Å². The Bertz CT molecular complexity index is 448. The molecule has 0 atom stereocenters. The van der Waals surface area contributed by atoms with Crippen molar-refractivity contribution in [2.24, 2.45) is 0 Å². The molecule has 0 spiro atoms. The summed E-state index contributed by atoms with van der Waals surface area (Å²) in [6, 6.07) is 0. The Balaban J connectivity index is 3.84. The Labute approximate surface area is 146 Å². The summed E-state index contributed by atoms with van der Waals surface area (Å²) in [7, 11) is 0. The summed E-state index contributed by atoms with van der Waals surface area (Å²) in [5, 5.41) is 10.9. The highest BCUT2D eigenvalue weighted by atomic mass is 16.6. The molecule has 134 valence electrons. The fraction of sp³-hybridized carbons (Fsp3) is 0.550. The molecule has 4 heteroatoms. The summed E-state index contributed by atoms with van der Waals surface area (Å²) in [6.45, 7) is 2.04. The van der Waals surface area contributed by atoms with Gasteiger partial charge in [-0.1, -0.05) is 56.2 Å². The highest BCUT2D eigenvalue weighted by Gasteiger charge is 2.06. The Hall–Kier alpha value is -1.97. The van der Waals surface area contributed by atoms with Crippen molar-refractivity contribution in [3.8, 4) is 0 Å². The number of carbonyl (C=O) groups is 1. The Morgan fingerprint density at radius 3 is 2.21 bits per heavy atom. The topological polar surface area (TPSA) is 60.2 Å². The standard InChI is InChI=1S/C20H31NO3/c1-2-3-4-14-17-20(21(23)24)18-15-12-10-8-6-5-7-9-11-13-16-19-22/h3-4,6,8,12,15,17,19H,2,5,7,9-11,13-14,16,18H2,1H3/b4-3-,8-6-,15-12-,20-17+. The minimum Gasteiger partial charge on any atom is -0.303 e. The number of hydrogen-bond acceptors (Lipinski definition) is 3. The Morgan fingerprint density at radius 2 is 1.54 bits per heavy atom. The van der Waals surface area contributed by atoms with Gasteiger partial charge in [0.05, 0.1) is 11.3 Å². The second-order valence-electron chi connectivity index (χ2n) is 5.61. The van der Waals surface area contributed by atoms with Crippen molar-refractivity contribution < 1.29 is 9.72 Å². The molecule has 4 nitrogen and oxygen atoms in total. The molecule has 0 radical (unpaired) electrons. The predicted molar refractivity (Wildman–Crippen MR) is 100 cm³/mol. The average Bonchev–Trinajstić information content (AvgIpc) is 2.57. The van der Waals surface area contributed by atoms with Gasteiger partial charge in [-0.2, -0.15) is 0 Å². The first-order valence-corrected chi connectivity index (χ1v) is 8.94. The van der Waals surface area contributed by atoms with Gasteiger partial charge in [-0.05, 0) is 44.6 Å². The van der Waals surface area contributed by atoms with Crippen LogP contribution in [0.25, 0.3) is 0 Å². The van der Waals surface area contributed by atoms with Gasteiger partial charge in [0, 0.05) is 6.42 Å². The molecule has 0 aliphatic heterocycles. The summed E-state index contributed by atoms with van der Waals surface area (Å²) >= 11 is 0. The van der Waals surface area contributed by atoms with E-state index in [0.29, 0.717) is 19.3 Å². The smallest absolute Gasteiger partial charge is 0.246 e. The van der Waals surface area contributed by atoms with Crippen molar-refractivity contribution in [1.29, 1.82) is 0 Å². The molecular formula is C20H31NO3. The third kappa shape index (κ3) is 14.9. The van der Waals surface area contributed by atoms with Crippen LogP contribution >= 0.6 is 0 Å². The van der Waals surface area contributed by atoms with Gasteiger partial charge in [-0.25, -0.2) is 0 Å². The van der Waals surface area contributed by atoms with E-state index in [1.54, 1.807) is 6.08 Å². The molecule has 0 aromatic heterocycles. The summed E-state index contributed by atoms with van der Waals surface area (Å²) in [5.41, 5.74) is 0.256. The lowest BCUT2D eigenvalue weighted by Crippen LogP contribution is -1.97. The van der Waals surface area contributed by atoms with E-state index >= 15 is 0 Å². The number of hydrogen-bond donors (Lipinski definition) is 0. The molecule has 0 aliphatic rings. The van der Waals surface area contributed by atoms with E-state index in [2.05, 4.69) is 12.2 Å². The second kappa shape index (κ2) is 17.4. The molecule has 0 unspecified atom stereocenters. The van der Waals surface area contributed by atoms with E-state index in [0.717, 1.165) is 51.2 Å². The third-order valence-electron chi connectivity index (χ3n) is 3.50. The van der Waals surface area contributed by atoms with Crippen LogP contribution in [0.2, 0.25) is 0 Å². The molecule has 0 aromatic carbocycles. The van der Waals surface area contributed by atoms with Crippen LogP contribution in [-0.4, -0.2) is 11.2 Å². The van der Waals surface area contributed by atoms with E-state index < -0.39 is 0 Å². The maximum atomic E-state index is 10.9. The van der Waals surface area contributed by atoms with Crippen LogP contribution < -0.4 is 0 Å². The van der Waals surface area contributed by atoms with Crippen LogP contribution in [0, 0.1) is 10.1 Å². The minimum absolute atomic E-state index is 0.256. The van der Waals surface area contributed by atoms with Crippen LogP contribution in [-0.2, 0) is 4.79 Å². The van der Waals surface area contributed by atoms with Crippen LogP contribution in [0.3, 0.4) is 0 Å². The molecule has 0 saturated carbocycles. The van der Waals surface area contributed by atoms with Gasteiger partial charge in [0.2, 0.25) is 5.70 Å². The molecule has 24 heavy (non-hydrogen) atoms. The van der Waals surface area contributed by atoms with Gasteiger partial charge in [0.15, 0.2) is 0 Å². The number of nitro groups is 1. The molecule has 0 bridgehead atoms. The third-order valence-corrected chi connectivity index (χ3v) is 3.50. The van der Waals surface area contributed by atoms with E-state index in [1.165, 1.54) is 0 Å². The number of carbonyl (C=O) groups excluding carboxylic acids is 1. The van der Waals surface area contributed by atoms with Gasteiger partial charge in [0.1, 0.15) is 6.29 Å². The summed E-state index contributed by atoms with van der Waals surface area (Å²) in [5.74, 6) is 0. The lowest BCUT2D eigenvalue weighted by atomic mass is 10.1. The van der Waals surface area contributed by atoms with Crippen LogP contribution in [0.15, 0.2) is 48.2 Å². The number of rotatable bonds is 15. The first-order valence-electron chi connectivity index (χ1n) is 8.94. The van der Waals surface area contributed by atoms with Crippen molar-refractivity contribution in [2.45, 2.75) is 71.1 Å². The monoisotopic (exact) mass is 333 g/mol. The van der Waals surface area contributed by atoms with E-state index in [1.807, 2.05) is 31.2 Å². The van der Waals surface area contributed by atoms with Crippen molar-refractivity contribution in [3.05, 3.63) is 58.3 Å². The Morgan fingerprint density at radius 1 is 0.875 bits per heavy atom. The first kappa shape index (κ1) is 22.0. The van der Waals surface area contributed by atoms with Gasteiger partial charge < -0.3 is 4.79 Å². The van der Waals surface area contributed by atoms with Crippen molar-refractivity contribution in [2.75, 3.05) is 0 Å². The van der Waals surface area contributed by atoms with Crippen molar-refractivity contribution in [3.63, 3.8) is 0 Å². The number of nitrogens with zero attached hydrogens (tertiary/aromatic N) is 1.